The molecule has 0 spiro atoms. The minimum atomic E-state index is -1.09. The smallest absolute Gasteiger partial charge is 0.324 e. The molecule has 1 aromatic rings. The zero-order valence-electron chi connectivity index (χ0n) is 11.0. The number of Topliss-reactive ketones (excluding diaryl/α,β-unsaturated/α-hetero) is 1. The molecule has 6 nitrogen and oxygen atoms in total. The summed E-state index contributed by atoms with van der Waals surface area (Å²) in [6, 6.07) is 0. The Hall–Kier alpha value is -1.85. The van der Waals surface area contributed by atoms with E-state index in [0.717, 1.165) is 0 Å². The normalized spacial score (nSPS) is 12.9. The van der Waals surface area contributed by atoms with Gasteiger partial charge in [-0.05, 0) is 6.92 Å². The number of esters is 1. The molecule has 0 aliphatic rings. The van der Waals surface area contributed by atoms with Crippen LogP contribution in [-0.2, 0) is 14.3 Å². The van der Waals surface area contributed by atoms with Gasteiger partial charge in [0.2, 0.25) is 0 Å². The molecule has 0 fully saturated rings. The second-order valence-electron chi connectivity index (χ2n) is 4.80. The first-order chi connectivity index (χ1) is 8.38. The lowest BCUT2D eigenvalue weighted by Crippen LogP contribution is -2.34. The number of hydrogen-bond acceptors (Lipinski definition) is 6. The lowest BCUT2D eigenvalue weighted by Gasteiger charge is -2.22. The fourth-order valence-electron chi connectivity index (χ4n) is 1.39. The third-order valence-electron chi connectivity index (χ3n) is 2.30. The predicted octanol–water partition coefficient (Wildman–Crippen LogP) is 1.13. The number of aromatic nitrogens is 3. The van der Waals surface area contributed by atoms with E-state index in [1.54, 1.807) is 27.7 Å². The number of carbonyl (C=O) groups is 2. The maximum Gasteiger partial charge on any atom is 0.324 e. The Kier molecular flexibility index (Phi) is 4.47. The zero-order valence-corrected chi connectivity index (χ0v) is 11.0. The Morgan fingerprint density at radius 3 is 2.28 bits per heavy atom. The van der Waals surface area contributed by atoms with E-state index in [4.69, 9.17) is 4.74 Å². The van der Waals surface area contributed by atoms with Crippen molar-refractivity contribution in [3.8, 4) is 0 Å². The van der Waals surface area contributed by atoms with E-state index in [2.05, 4.69) is 15.0 Å². The molecule has 98 valence electrons. The molecule has 18 heavy (non-hydrogen) atoms. The molecule has 0 bridgehead atoms. The summed E-state index contributed by atoms with van der Waals surface area (Å²) < 4.78 is 4.91. The molecule has 0 saturated carbocycles. The maximum atomic E-state index is 12.3. The number of carbonyl (C=O) groups excluding carboxylic acids is 2. The van der Waals surface area contributed by atoms with Crippen molar-refractivity contribution in [3.05, 3.63) is 18.5 Å². The molecule has 6 heteroatoms. The molecular weight excluding hydrogens is 234 g/mol. The van der Waals surface area contributed by atoms with Crippen molar-refractivity contribution in [3.63, 3.8) is 0 Å². The van der Waals surface area contributed by atoms with E-state index >= 15 is 0 Å². The van der Waals surface area contributed by atoms with E-state index in [0.29, 0.717) is 0 Å². The number of ether oxygens (including phenoxy) is 1. The highest BCUT2D eigenvalue weighted by atomic mass is 16.5. The number of nitrogens with zero attached hydrogens (tertiary/aromatic N) is 3. The molecule has 0 amide bonds. The van der Waals surface area contributed by atoms with Crippen molar-refractivity contribution in [2.75, 3.05) is 6.61 Å². The van der Waals surface area contributed by atoms with E-state index in [9.17, 15) is 9.59 Å². The van der Waals surface area contributed by atoms with Gasteiger partial charge in [-0.15, -0.1) is 0 Å². The van der Waals surface area contributed by atoms with E-state index < -0.39 is 17.3 Å². The van der Waals surface area contributed by atoms with Gasteiger partial charge in [0, 0.05) is 5.41 Å². The molecule has 1 heterocycles. The summed E-state index contributed by atoms with van der Waals surface area (Å²) >= 11 is 0. The largest absolute Gasteiger partial charge is 0.465 e. The first kappa shape index (κ1) is 14.2. The van der Waals surface area contributed by atoms with Crippen LogP contribution in [0.4, 0.5) is 0 Å². The zero-order chi connectivity index (χ0) is 13.8. The first-order valence-corrected chi connectivity index (χ1v) is 5.70. The average molecular weight is 251 g/mol. The quantitative estimate of drug-likeness (QED) is 0.589. The summed E-state index contributed by atoms with van der Waals surface area (Å²) in [4.78, 5) is 35.6. The summed E-state index contributed by atoms with van der Waals surface area (Å²) in [7, 11) is 0. The van der Waals surface area contributed by atoms with E-state index in [1.165, 1.54) is 12.7 Å². The third-order valence-corrected chi connectivity index (χ3v) is 2.30. The summed E-state index contributed by atoms with van der Waals surface area (Å²) in [6.45, 7) is 7.11. The summed E-state index contributed by atoms with van der Waals surface area (Å²) in [5.41, 5.74) is -0.677. The molecule has 0 aliphatic carbocycles. The fraction of sp³-hybridized carbons (Fsp3) is 0.583. The minimum Gasteiger partial charge on any atom is -0.465 e. The molecule has 0 N–H and O–H groups in total. The summed E-state index contributed by atoms with van der Waals surface area (Å²) in [6.07, 6.45) is 2.51. The molecule has 0 aromatic carbocycles. The van der Waals surface area contributed by atoms with Crippen LogP contribution in [-0.4, -0.2) is 33.3 Å². The van der Waals surface area contributed by atoms with Gasteiger partial charge < -0.3 is 4.74 Å². The van der Waals surface area contributed by atoms with Crippen LogP contribution in [0.5, 0.6) is 0 Å². The van der Waals surface area contributed by atoms with Gasteiger partial charge in [-0.1, -0.05) is 20.8 Å². The Labute approximate surface area is 106 Å². The minimum absolute atomic E-state index is 0.128. The van der Waals surface area contributed by atoms with Gasteiger partial charge in [-0.3, -0.25) is 9.59 Å². The van der Waals surface area contributed by atoms with Crippen LogP contribution in [0.15, 0.2) is 12.7 Å². The van der Waals surface area contributed by atoms with Crippen molar-refractivity contribution in [2.45, 2.75) is 33.6 Å². The molecular formula is C12H17N3O3. The molecule has 0 radical (unpaired) electrons. The monoisotopic (exact) mass is 251 g/mol. The molecule has 1 rings (SSSR count). The number of rotatable bonds is 4. The van der Waals surface area contributed by atoms with Gasteiger partial charge >= 0.3 is 5.97 Å². The van der Waals surface area contributed by atoms with E-state index in [1.807, 2.05) is 0 Å². The standard InChI is InChI=1S/C12H17N3O3/c1-5-18-11(17)8(9(16)12(2,3)4)10-14-6-13-7-15-10/h6-8H,5H2,1-4H3. The van der Waals surface area contributed by atoms with Crippen molar-refractivity contribution < 1.29 is 14.3 Å². The van der Waals surface area contributed by atoms with Gasteiger partial charge in [-0.25, -0.2) is 15.0 Å². The Balaban J connectivity index is 3.12. The SMILES string of the molecule is CCOC(=O)C(C(=O)C(C)(C)C)c1ncncn1. The Morgan fingerprint density at radius 1 is 1.28 bits per heavy atom. The van der Waals surface area contributed by atoms with Crippen LogP contribution < -0.4 is 0 Å². The van der Waals surface area contributed by atoms with Gasteiger partial charge in [0.05, 0.1) is 6.61 Å². The van der Waals surface area contributed by atoms with Gasteiger partial charge in [0.15, 0.2) is 17.5 Å². The van der Waals surface area contributed by atoms with Crippen molar-refractivity contribution in [1.82, 2.24) is 15.0 Å². The second kappa shape index (κ2) is 5.66. The molecule has 1 atom stereocenters. The molecule has 1 aromatic heterocycles. The Morgan fingerprint density at radius 2 is 1.83 bits per heavy atom. The van der Waals surface area contributed by atoms with Crippen molar-refractivity contribution in [2.24, 2.45) is 5.41 Å². The number of ketones is 1. The van der Waals surface area contributed by atoms with Gasteiger partial charge in [0.1, 0.15) is 12.7 Å². The molecule has 0 saturated heterocycles. The van der Waals surface area contributed by atoms with Crippen LogP contribution in [0.2, 0.25) is 0 Å². The Bertz CT molecular complexity index is 426. The second-order valence-corrected chi connectivity index (χ2v) is 4.80. The lowest BCUT2D eigenvalue weighted by molar-refractivity contribution is -0.150. The highest BCUT2D eigenvalue weighted by Gasteiger charge is 2.38. The van der Waals surface area contributed by atoms with Crippen LogP contribution >= 0.6 is 0 Å². The van der Waals surface area contributed by atoms with Crippen molar-refractivity contribution >= 4 is 11.8 Å². The highest BCUT2D eigenvalue weighted by Crippen LogP contribution is 2.26. The number of hydrogen-bond donors (Lipinski definition) is 0. The molecule has 0 aliphatic heterocycles. The predicted molar refractivity (Wildman–Crippen MR) is 63.7 cm³/mol. The maximum absolute atomic E-state index is 12.3. The van der Waals surface area contributed by atoms with Crippen molar-refractivity contribution in [1.29, 1.82) is 0 Å². The average Bonchev–Trinajstić information content (AvgIpc) is 2.29. The van der Waals surface area contributed by atoms with Gasteiger partial charge in [-0.2, -0.15) is 0 Å². The lowest BCUT2D eigenvalue weighted by atomic mass is 9.82. The first-order valence-electron chi connectivity index (χ1n) is 5.70. The van der Waals surface area contributed by atoms with Crippen LogP contribution in [0.25, 0.3) is 0 Å². The summed E-state index contributed by atoms with van der Waals surface area (Å²) in [5, 5.41) is 0. The molecule has 1 unspecified atom stereocenters. The summed E-state index contributed by atoms with van der Waals surface area (Å²) in [5.74, 6) is -1.85. The van der Waals surface area contributed by atoms with Crippen LogP contribution in [0, 0.1) is 5.41 Å². The third kappa shape index (κ3) is 3.32. The topological polar surface area (TPSA) is 82.0 Å². The van der Waals surface area contributed by atoms with E-state index in [-0.39, 0.29) is 18.2 Å². The van der Waals surface area contributed by atoms with Crippen LogP contribution in [0.1, 0.15) is 39.4 Å². The van der Waals surface area contributed by atoms with Crippen LogP contribution in [0.3, 0.4) is 0 Å². The fourth-order valence-corrected chi connectivity index (χ4v) is 1.39. The van der Waals surface area contributed by atoms with Gasteiger partial charge in [0.25, 0.3) is 0 Å². The highest BCUT2D eigenvalue weighted by molar-refractivity contribution is 6.05.